The lowest BCUT2D eigenvalue weighted by atomic mass is 9.93. The first-order valence-electron chi connectivity index (χ1n) is 8.43. The number of rotatable bonds is 14. The maximum Gasteiger partial charge on any atom is 0.329 e. The van der Waals surface area contributed by atoms with Crippen molar-refractivity contribution in [3.05, 3.63) is 0 Å². The summed E-state index contributed by atoms with van der Waals surface area (Å²) in [6.45, 7) is 2.84. The highest BCUT2D eigenvalue weighted by molar-refractivity contribution is 7.40. The van der Waals surface area contributed by atoms with Gasteiger partial charge in [-0.25, -0.2) is 0 Å². The maximum absolute atomic E-state index is 11.4. The molecule has 0 radical (unpaired) electrons. The fraction of sp³-hybridized carbons (Fsp3) is 0.933. The summed E-state index contributed by atoms with van der Waals surface area (Å²) in [5.41, 5.74) is 0. The van der Waals surface area contributed by atoms with Crippen LogP contribution in [0.2, 0.25) is 0 Å². The summed E-state index contributed by atoms with van der Waals surface area (Å²) in [6, 6.07) is 0.582. The van der Waals surface area contributed by atoms with Crippen molar-refractivity contribution in [2.24, 2.45) is 0 Å². The molecule has 0 aromatic heterocycles. The van der Waals surface area contributed by atoms with Crippen molar-refractivity contribution in [3.63, 3.8) is 0 Å². The van der Waals surface area contributed by atoms with Gasteiger partial charge in [0.2, 0.25) is 0 Å². The van der Waals surface area contributed by atoms with Gasteiger partial charge >= 0.3 is 14.6 Å². The summed E-state index contributed by atoms with van der Waals surface area (Å²) >= 11 is 0. The maximum atomic E-state index is 11.4. The number of aliphatic hydroxyl groups excluding tert-OH is 1. The monoisotopic (exact) mass is 351 g/mol. The number of hydrogen-bond donors (Lipinski definition) is 3. The molecule has 1 aliphatic rings. The Bertz CT molecular complexity index is 316. The van der Waals surface area contributed by atoms with Crippen molar-refractivity contribution in [2.45, 2.75) is 64.0 Å². The average molecular weight is 351 g/mol. The Morgan fingerprint density at radius 1 is 1.30 bits per heavy atom. The van der Waals surface area contributed by atoms with E-state index in [0.717, 1.165) is 19.3 Å². The molecule has 23 heavy (non-hydrogen) atoms. The first-order valence-corrected chi connectivity index (χ1v) is 9.56. The van der Waals surface area contributed by atoms with E-state index in [1.54, 1.807) is 0 Å². The summed E-state index contributed by atoms with van der Waals surface area (Å²) in [5.74, 6) is -0.318. The van der Waals surface area contributed by atoms with Gasteiger partial charge in [-0.15, -0.1) is 0 Å². The molecule has 0 heterocycles. The molecule has 1 aliphatic carbocycles. The number of unbranched alkanes of at least 4 members (excludes halogenated alkanes) is 2. The molecular weight excluding hydrogens is 321 g/mol. The van der Waals surface area contributed by atoms with Crippen LogP contribution < -0.4 is 5.32 Å². The molecule has 8 heteroatoms. The Hall–Kier alpha value is -0.300. The molecule has 0 spiro atoms. The SMILES string of the molecule is CCCCCC(=O)OCC(O)COP(O)OCCNC1CCC1. The highest BCUT2D eigenvalue weighted by Crippen LogP contribution is 2.32. The molecule has 0 bridgehead atoms. The van der Waals surface area contributed by atoms with Crippen LogP contribution in [-0.2, 0) is 18.6 Å². The number of carbonyl (C=O) groups is 1. The molecule has 0 aromatic carbocycles. The second-order valence-electron chi connectivity index (χ2n) is 5.74. The third-order valence-electron chi connectivity index (χ3n) is 3.64. The van der Waals surface area contributed by atoms with E-state index in [4.69, 9.17) is 13.8 Å². The van der Waals surface area contributed by atoms with E-state index in [-0.39, 0.29) is 19.2 Å². The lowest BCUT2D eigenvalue weighted by Gasteiger charge is -2.26. The lowest BCUT2D eigenvalue weighted by Crippen LogP contribution is -2.36. The predicted octanol–water partition coefficient (Wildman–Crippen LogP) is 1.87. The summed E-state index contributed by atoms with van der Waals surface area (Å²) < 4.78 is 15.1. The minimum Gasteiger partial charge on any atom is -0.463 e. The van der Waals surface area contributed by atoms with Crippen LogP contribution in [0.15, 0.2) is 0 Å². The molecule has 1 saturated carbocycles. The molecule has 1 rings (SSSR count). The molecule has 2 atom stereocenters. The summed E-state index contributed by atoms with van der Waals surface area (Å²) in [7, 11) is -2.01. The molecule has 1 fully saturated rings. The third-order valence-corrected chi connectivity index (χ3v) is 4.41. The average Bonchev–Trinajstić information content (AvgIpc) is 2.49. The van der Waals surface area contributed by atoms with Crippen LogP contribution in [-0.4, -0.2) is 54.5 Å². The quantitative estimate of drug-likeness (QED) is 0.250. The van der Waals surface area contributed by atoms with Gasteiger partial charge in [-0.05, 0) is 19.3 Å². The summed E-state index contributed by atoms with van der Waals surface area (Å²) in [5, 5.41) is 12.9. The van der Waals surface area contributed by atoms with Crippen LogP contribution >= 0.6 is 8.60 Å². The molecule has 136 valence electrons. The first-order chi connectivity index (χ1) is 11.1. The van der Waals surface area contributed by atoms with Gasteiger partial charge in [0.1, 0.15) is 12.7 Å². The van der Waals surface area contributed by atoms with Crippen molar-refractivity contribution >= 4 is 14.6 Å². The predicted molar refractivity (Wildman–Crippen MR) is 87.8 cm³/mol. The van der Waals surface area contributed by atoms with E-state index >= 15 is 0 Å². The van der Waals surface area contributed by atoms with Crippen LogP contribution in [0.4, 0.5) is 0 Å². The third kappa shape index (κ3) is 11.0. The Balaban J connectivity index is 1.92. The molecule has 0 aliphatic heterocycles. The largest absolute Gasteiger partial charge is 0.463 e. The standard InChI is InChI=1S/C15H30NO6P/c1-2-3-4-8-15(18)20-11-14(17)12-22-23(19)21-10-9-16-13-6-5-7-13/h13-14,16-17,19H,2-12H2,1H3. The van der Waals surface area contributed by atoms with E-state index in [1.807, 2.05) is 0 Å². The Labute approximate surface area is 139 Å². The van der Waals surface area contributed by atoms with Crippen molar-refractivity contribution in [1.82, 2.24) is 5.32 Å². The second-order valence-corrected chi connectivity index (χ2v) is 6.73. The molecule has 0 amide bonds. The van der Waals surface area contributed by atoms with Gasteiger partial charge in [0.15, 0.2) is 0 Å². The first kappa shape index (κ1) is 20.7. The van der Waals surface area contributed by atoms with Gasteiger partial charge in [-0.3, -0.25) is 4.79 Å². The van der Waals surface area contributed by atoms with Crippen LogP contribution in [0.5, 0.6) is 0 Å². The molecule has 2 unspecified atom stereocenters. The summed E-state index contributed by atoms with van der Waals surface area (Å²) in [6.07, 6.45) is 5.91. The highest BCUT2D eigenvalue weighted by Gasteiger charge is 2.17. The Kier molecular flexibility index (Phi) is 11.8. The topological polar surface area (TPSA) is 97.3 Å². The van der Waals surface area contributed by atoms with Crippen LogP contribution in [0.3, 0.4) is 0 Å². The lowest BCUT2D eigenvalue weighted by molar-refractivity contribution is -0.147. The van der Waals surface area contributed by atoms with Crippen LogP contribution in [0, 0.1) is 0 Å². The minimum absolute atomic E-state index is 0.125. The van der Waals surface area contributed by atoms with Crippen molar-refractivity contribution < 1.29 is 28.6 Å². The van der Waals surface area contributed by atoms with E-state index in [0.29, 0.717) is 25.6 Å². The zero-order valence-corrected chi connectivity index (χ0v) is 14.8. The van der Waals surface area contributed by atoms with Crippen molar-refractivity contribution in [3.8, 4) is 0 Å². The number of hydrogen-bond acceptors (Lipinski definition) is 7. The number of ether oxygens (including phenoxy) is 1. The van der Waals surface area contributed by atoms with Gasteiger partial charge in [-0.1, -0.05) is 26.2 Å². The Morgan fingerprint density at radius 3 is 2.74 bits per heavy atom. The van der Waals surface area contributed by atoms with Crippen LogP contribution in [0.25, 0.3) is 0 Å². The van der Waals surface area contributed by atoms with Gasteiger partial charge in [-0.2, -0.15) is 0 Å². The van der Waals surface area contributed by atoms with E-state index < -0.39 is 14.7 Å². The van der Waals surface area contributed by atoms with Crippen molar-refractivity contribution in [2.75, 3.05) is 26.4 Å². The molecule has 0 saturated heterocycles. The number of carbonyl (C=O) groups excluding carboxylic acids is 1. The number of aliphatic hydroxyl groups is 1. The number of nitrogens with one attached hydrogen (secondary N) is 1. The van der Waals surface area contributed by atoms with Gasteiger partial charge in [0.25, 0.3) is 0 Å². The van der Waals surface area contributed by atoms with E-state index in [1.165, 1.54) is 19.3 Å². The molecule has 0 aromatic rings. The van der Waals surface area contributed by atoms with Gasteiger partial charge < -0.3 is 29.1 Å². The van der Waals surface area contributed by atoms with Gasteiger partial charge in [0, 0.05) is 19.0 Å². The fourth-order valence-corrected chi connectivity index (χ4v) is 2.64. The zero-order chi connectivity index (χ0) is 16.9. The van der Waals surface area contributed by atoms with E-state index in [2.05, 4.69) is 12.2 Å². The fourth-order valence-electron chi connectivity index (χ4n) is 2.01. The Morgan fingerprint density at radius 2 is 2.09 bits per heavy atom. The van der Waals surface area contributed by atoms with E-state index in [9.17, 15) is 14.8 Å². The number of esters is 1. The second kappa shape index (κ2) is 13.0. The zero-order valence-electron chi connectivity index (χ0n) is 13.9. The summed E-state index contributed by atoms with van der Waals surface area (Å²) in [4.78, 5) is 20.9. The molecule has 7 nitrogen and oxygen atoms in total. The van der Waals surface area contributed by atoms with Crippen LogP contribution in [0.1, 0.15) is 51.9 Å². The van der Waals surface area contributed by atoms with Gasteiger partial charge in [0.05, 0.1) is 13.2 Å². The smallest absolute Gasteiger partial charge is 0.329 e. The highest BCUT2D eigenvalue weighted by atomic mass is 31.2. The molecule has 3 N–H and O–H groups in total. The normalized spacial score (nSPS) is 17.5. The molecular formula is C15H30NO6P. The minimum atomic E-state index is -2.01. The van der Waals surface area contributed by atoms with Crippen molar-refractivity contribution in [1.29, 1.82) is 0 Å².